The van der Waals surface area contributed by atoms with Crippen molar-refractivity contribution in [3.63, 3.8) is 0 Å². The minimum Gasteiger partial charge on any atom is -0.479 e. The van der Waals surface area contributed by atoms with Gasteiger partial charge in [0.05, 0.1) is 7.11 Å². The number of anilines is 2. The molecule has 1 aromatic carbocycles. The number of ether oxygens (including phenoxy) is 1. The Morgan fingerprint density at radius 3 is 2.48 bits per heavy atom. The number of nitrogens with zero attached hydrogens (tertiary/aromatic N) is 3. The summed E-state index contributed by atoms with van der Waals surface area (Å²) < 4.78 is 8.71. The van der Waals surface area contributed by atoms with E-state index in [-0.39, 0.29) is 0 Å². The lowest BCUT2D eigenvalue weighted by Gasteiger charge is -2.11. The Bertz CT molecular complexity index is 1070. The molecule has 146 valence electrons. The number of pyridine rings is 3. The molecule has 0 unspecified atom stereocenters. The molecule has 7 heteroatoms. The van der Waals surface area contributed by atoms with Crippen LogP contribution in [0.25, 0.3) is 10.9 Å². The summed E-state index contributed by atoms with van der Waals surface area (Å²) >= 11 is 1.63. The summed E-state index contributed by atoms with van der Waals surface area (Å²) in [6, 6.07) is 16.3. The third-order valence-electron chi connectivity index (χ3n) is 4.41. The standard InChI is InChI=1S/C22H21N5OS/c1-28-22-21-19(9-13-25-22)20(10-14-24-21)27-17-2-4-18(5-3-17)29-26-15-8-16-6-11-23-12-7-16/h2-7,9-14,26H,8,15H2,1H3,(H,24,27). The maximum atomic E-state index is 5.31. The number of fused-ring (bicyclic) bond motifs is 1. The largest absolute Gasteiger partial charge is 0.479 e. The predicted octanol–water partition coefficient (Wildman–Crippen LogP) is 4.62. The minimum absolute atomic E-state index is 0.524. The zero-order valence-corrected chi connectivity index (χ0v) is 16.8. The fourth-order valence-corrected chi connectivity index (χ4v) is 3.60. The molecule has 6 nitrogen and oxygen atoms in total. The normalized spacial score (nSPS) is 10.8. The van der Waals surface area contributed by atoms with Gasteiger partial charge in [-0.3, -0.25) is 14.7 Å². The molecule has 4 rings (SSSR count). The summed E-state index contributed by atoms with van der Waals surface area (Å²) in [4.78, 5) is 13.8. The van der Waals surface area contributed by atoms with E-state index in [9.17, 15) is 0 Å². The molecule has 3 heterocycles. The molecule has 0 saturated carbocycles. The lowest BCUT2D eigenvalue weighted by atomic mass is 10.2. The highest BCUT2D eigenvalue weighted by molar-refractivity contribution is 7.97. The SMILES string of the molecule is COc1nccc2c(Nc3ccc(SNCCc4ccncc4)cc3)ccnc12. The van der Waals surface area contributed by atoms with Gasteiger partial charge in [-0.2, -0.15) is 0 Å². The molecule has 0 aliphatic rings. The van der Waals surface area contributed by atoms with Crippen molar-refractivity contribution in [3.05, 3.63) is 78.9 Å². The van der Waals surface area contributed by atoms with Gasteiger partial charge >= 0.3 is 0 Å². The van der Waals surface area contributed by atoms with Crippen molar-refractivity contribution in [2.45, 2.75) is 11.3 Å². The van der Waals surface area contributed by atoms with Crippen LogP contribution in [0.4, 0.5) is 11.4 Å². The van der Waals surface area contributed by atoms with Crippen LogP contribution in [-0.2, 0) is 6.42 Å². The van der Waals surface area contributed by atoms with Crippen LogP contribution in [0, 0.1) is 0 Å². The summed E-state index contributed by atoms with van der Waals surface area (Å²) in [6.07, 6.45) is 8.11. The number of hydrogen-bond acceptors (Lipinski definition) is 7. The van der Waals surface area contributed by atoms with Gasteiger partial charge < -0.3 is 10.1 Å². The van der Waals surface area contributed by atoms with Crippen molar-refractivity contribution in [3.8, 4) is 5.88 Å². The second kappa shape index (κ2) is 9.36. The van der Waals surface area contributed by atoms with Gasteiger partial charge in [-0.05, 0) is 72.5 Å². The molecule has 0 bridgehead atoms. The molecule has 0 spiro atoms. The Hall–Kier alpha value is -3.16. The summed E-state index contributed by atoms with van der Waals surface area (Å²) in [5.41, 5.74) is 4.00. The Morgan fingerprint density at radius 2 is 1.69 bits per heavy atom. The fraction of sp³-hybridized carbons (Fsp3) is 0.136. The summed E-state index contributed by atoms with van der Waals surface area (Å²) in [7, 11) is 1.60. The van der Waals surface area contributed by atoms with E-state index in [1.54, 1.807) is 31.5 Å². The zero-order chi connectivity index (χ0) is 19.9. The molecule has 0 aliphatic heterocycles. The molecule has 0 fully saturated rings. The van der Waals surface area contributed by atoms with Crippen LogP contribution in [0.5, 0.6) is 5.88 Å². The van der Waals surface area contributed by atoms with E-state index in [1.807, 2.05) is 36.7 Å². The molecule has 0 radical (unpaired) electrons. The van der Waals surface area contributed by atoms with Crippen molar-refractivity contribution in [2.75, 3.05) is 19.0 Å². The van der Waals surface area contributed by atoms with Crippen LogP contribution in [0.15, 0.2) is 78.2 Å². The van der Waals surface area contributed by atoms with Gasteiger partial charge in [0.1, 0.15) is 5.52 Å². The van der Waals surface area contributed by atoms with Crippen LogP contribution in [-0.4, -0.2) is 28.6 Å². The molecular weight excluding hydrogens is 382 g/mol. The second-order valence-corrected chi connectivity index (χ2v) is 7.29. The highest BCUT2D eigenvalue weighted by Gasteiger charge is 2.08. The Morgan fingerprint density at radius 1 is 0.897 bits per heavy atom. The number of methoxy groups -OCH3 is 1. The van der Waals surface area contributed by atoms with E-state index in [0.29, 0.717) is 5.88 Å². The molecule has 3 aromatic heterocycles. The fourth-order valence-electron chi connectivity index (χ4n) is 2.95. The number of benzene rings is 1. The molecule has 0 atom stereocenters. The Balaban J connectivity index is 1.37. The van der Waals surface area contributed by atoms with E-state index in [2.05, 4.69) is 49.3 Å². The molecule has 4 aromatic rings. The molecule has 0 amide bonds. The van der Waals surface area contributed by atoms with Crippen LogP contribution < -0.4 is 14.8 Å². The van der Waals surface area contributed by atoms with Gasteiger partial charge in [0.25, 0.3) is 0 Å². The smallest absolute Gasteiger partial charge is 0.240 e. The zero-order valence-electron chi connectivity index (χ0n) is 16.0. The number of rotatable bonds is 8. The quantitative estimate of drug-likeness (QED) is 0.329. The van der Waals surface area contributed by atoms with Crippen LogP contribution in [0.1, 0.15) is 5.56 Å². The average Bonchev–Trinajstić information content (AvgIpc) is 2.78. The van der Waals surface area contributed by atoms with Crippen molar-refractivity contribution >= 4 is 34.2 Å². The van der Waals surface area contributed by atoms with E-state index < -0.39 is 0 Å². The number of nitrogens with one attached hydrogen (secondary N) is 2. The molecule has 29 heavy (non-hydrogen) atoms. The van der Waals surface area contributed by atoms with Crippen molar-refractivity contribution in [1.29, 1.82) is 0 Å². The molecular formula is C22H21N5OS. The number of aromatic nitrogens is 3. The topological polar surface area (TPSA) is 72.0 Å². The average molecular weight is 404 g/mol. The van der Waals surface area contributed by atoms with Crippen LogP contribution in [0.3, 0.4) is 0 Å². The van der Waals surface area contributed by atoms with Crippen molar-refractivity contribution < 1.29 is 4.74 Å². The lowest BCUT2D eigenvalue weighted by Crippen LogP contribution is -2.08. The van der Waals surface area contributed by atoms with Gasteiger partial charge in [0.2, 0.25) is 5.88 Å². The predicted molar refractivity (Wildman–Crippen MR) is 118 cm³/mol. The van der Waals surface area contributed by atoms with Crippen LogP contribution in [0.2, 0.25) is 0 Å². The first-order chi connectivity index (χ1) is 14.3. The van der Waals surface area contributed by atoms with Crippen molar-refractivity contribution in [1.82, 2.24) is 19.7 Å². The van der Waals surface area contributed by atoms with Crippen molar-refractivity contribution in [2.24, 2.45) is 0 Å². The monoisotopic (exact) mass is 403 g/mol. The van der Waals surface area contributed by atoms with Gasteiger partial charge in [-0.25, -0.2) is 4.98 Å². The third kappa shape index (κ3) is 4.82. The minimum atomic E-state index is 0.524. The lowest BCUT2D eigenvalue weighted by molar-refractivity contribution is 0.402. The first-order valence-corrected chi connectivity index (χ1v) is 10.1. The van der Waals surface area contributed by atoms with Gasteiger partial charge in [-0.1, -0.05) is 0 Å². The van der Waals surface area contributed by atoms with Crippen LogP contribution >= 0.6 is 11.9 Å². The van der Waals surface area contributed by atoms with E-state index in [0.717, 1.165) is 40.1 Å². The highest BCUT2D eigenvalue weighted by Crippen LogP contribution is 2.29. The Kier molecular flexibility index (Phi) is 6.19. The maximum absolute atomic E-state index is 5.31. The summed E-state index contributed by atoms with van der Waals surface area (Å²) in [5, 5.41) is 4.42. The first-order valence-electron chi connectivity index (χ1n) is 9.27. The second-order valence-electron chi connectivity index (χ2n) is 6.33. The first kappa shape index (κ1) is 19.2. The van der Waals surface area contributed by atoms with Gasteiger partial charge in [0, 0.05) is 53.0 Å². The summed E-state index contributed by atoms with van der Waals surface area (Å²) in [5.74, 6) is 0.524. The molecule has 2 N–H and O–H groups in total. The van der Waals surface area contributed by atoms with E-state index in [1.165, 1.54) is 5.56 Å². The van der Waals surface area contributed by atoms with Gasteiger partial charge in [0.15, 0.2) is 0 Å². The maximum Gasteiger partial charge on any atom is 0.240 e. The van der Waals surface area contributed by atoms with E-state index >= 15 is 0 Å². The third-order valence-corrected chi connectivity index (χ3v) is 5.26. The molecule has 0 saturated heterocycles. The molecule has 0 aliphatic carbocycles. The Labute approximate surface area is 173 Å². The number of hydrogen-bond donors (Lipinski definition) is 2. The van der Waals surface area contributed by atoms with E-state index in [4.69, 9.17) is 4.74 Å². The van der Waals surface area contributed by atoms with Gasteiger partial charge in [-0.15, -0.1) is 0 Å². The highest BCUT2D eigenvalue weighted by atomic mass is 32.2. The summed E-state index contributed by atoms with van der Waals surface area (Å²) in [6.45, 7) is 0.896.